The maximum Gasteiger partial charge on any atom is 0.167 e. The van der Waals surface area contributed by atoms with Gasteiger partial charge in [-0.2, -0.15) is 0 Å². The molecule has 9 aromatic rings. The minimum absolute atomic E-state index is 0.562. The predicted molar refractivity (Wildman–Crippen MR) is 204 cm³/mol. The van der Waals surface area contributed by atoms with Gasteiger partial charge < -0.3 is 9.32 Å². The molecular weight excluding hydrogens is 613 g/mol. The highest BCUT2D eigenvalue weighted by atomic mass is 16.3. The van der Waals surface area contributed by atoms with Gasteiger partial charge in [-0.1, -0.05) is 133 Å². The third kappa shape index (κ3) is 5.47. The van der Waals surface area contributed by atoms with Crippen molar-refractivity contribution in [1.29, 1.82) is 0 Å². The lowest BCUT2D eigenvalue weighted by atomic mass is 10.0. The maximum atomic E-state index is 6.74. The van der Waals surface area contributed by atoms with Gasteiger partial charge in [0.15, 0.2) is 17.5 Å². The number of nitrogens with zero attached hydrogens (tertiary/aromatic N) is 4. The molecule has 0 aliphatic rings. The molecule has 7 aromatic carbocycles. The van der Waals surface area contributed by atoms with Gasteiger partial charge in [-0.25, -0.2) is 15.0 Å². The standard InChI is InChI=1S/C45H30N4O/c1-5-14-31(15-6-1)32-24-26-36(27-25-32)49(35-20-11-4-12-21-35)37-28-29-38-39-22-13-23-40(42(39)50-41(38)30-37)45-47-43(33-16-7-2-8-17-33)46-44(48-45)34-18-9-3-10-19-34/h1-30H. The summed E-state index contributed by atoms with van der Waals surface area (Å²) in [6, 6.07) is 62.2. The number of hydrogen-bond donors (Lipinski definition) is 0. The summed E-state index contributed by atoms with van der Waals surface area (Å²) in [5, 5.41) is 2.03. The average Bonchev–Trinajstić information content (AvgIpc) is 3.58. The van der Waals surface area contributed by atoms with E-state index in [-0.39, 0.29) is 0 Å². The van der Waals surface area contributed by atoms with Gasteiger partial charge in [0.2, 0.25) is 0 Å². The Labute approximate surface area is 289 Å². The number of anilines is 3. The van der Waals surface area contributed by atoms with Gasteiger partial charge in [-0.05, 0) is 53.6 Å². The van der Waals surface area contributed by atoms with Crippen molar-refractivity contribution in [2.75, 3.05) is 4.90 Å². The highest BCUT2D eigenvalue weighted by molar-refractivity contribution is 6.10. The Bertz CT molecular complexity index is 2510. The van der Waals surface area contributed by atoms with Crippen molar-refractivity contribution in [3.63, 3.8) is 0 Å². The topological polar surface area (TPSA) is 55.1 Å². The van der Waals surface area contributed by atoms with Gasteiger partial charge in [0.1, 0.15) is 11.2 Å². The number of aromatic nitrogens is 3. The van der Waals surface area contributed by atoms with Crippen LogP contribution in [-0.2, 0) is 0 Å². The molecule has 5 heteroatoms. The van der Waals surface area contributed by atoms with Crippen molar-refractivity contribution in [1.82, 2.24) is 15.0 Å². The van der Waals surface area contributed by atoms with Gasteiger partial charge in [0.25, 0.3) is 0 Å². The lowest BCUT2D eigenvalue weighted by Crippen LogP contribution is -2.09. The van der Waals surface area contributed by atoms with Crippen LogP contribution in [0.1, 0.15) is 0 Å². The molecular formula is C45H30N4O. The Morgan fingerprint density at radius 1 is 0.360 bits per heavy atom. The van der Waals surface area contributed by atoms with E-state index in [2.05, 4.69) is 102 Å². The molecule has 0 saturated heterocycles. The molecule has 0 radical (unpaired) electrons. The Kier molecular flexibility index (Phi) is 7.41. The Hall–Kier alpha value is -6.85. The third-order valence-corrected chi connectivity index (χ3v) is 8.93. The van der Waals surface area contributed by atoms with E-state index in [1.807, 2.05) is 84.9 Å². The molecule has 2 aromatic heterocycles. The molecule has 0 aliphatic heterocycles. The van der Waals surface area contributed by atoms with Crippen LogP contribution in [-0.4, -0.2) is 15.0 Å². The zero-order valence-electron chi connectivity index (χ0n) is 27.0. The van der Waals surface area contributed by atoms with E-state index < -0.39 is 0 Å². The largest absolute Gasteiger partial charge is 0.455 e. The molecule has 0 N–H and O–H groups in total. The van der Waals surface area contributed by atoms with Gasteiger partial charge in [-0.15, -0.1) is 0 Å². The van der Waals surface area contributed by atoms with Crippen LogP contribution in [0.2, 0.25) is 0 Å². The zero-order chi connectivity index (χ0) is 33.3. The van der Waals surface area contributed by atoms with Crippen molar-refractivity contribution >= 4 is 39.0 Å². The van der Waals surface area contributed by atoms with E-state index in [9.17, 15) is 0 Å². The highest BCUT2D eigenvalue weighted by Gasteiger charge is 2.19. The Morgan fingerprint density at radius 3 is 1.48 bits per heavy atom. The molecule has 0 aliphatic carbocycles. The Morgan fingerprint density at radius 2 is 0.860 bits per heavy atom. The number of fused-ring (bicyclic) bond motifs is 3. The van der Waals surface area contributed by atoms with Crippen LogP contribution < -0.4 is 4.90 Å². The quantitative estimate of drug-likeness (QED) is 0.173. The first kappa shape index (κ1) is 29.3. The van der Waals surface area contributed by atoms with Crippen molar-refractivity contribution < 1.29 is 4.42 Å². The lowest BCUT2D eigenvalue weighted by Gasteiger charge is -2.25. The van der Waals surface area contributed by atoms with Crippen molar-refractivity contribution in [2.24, 2.45) is 0 Å². The van der Waals surface area contributed by atoms with E-state index in [1.165, 1.54) is 11.1 Å². The van der Waals surface area contributed by atoms with E-state index in [0.29, 0.717) is 17.5 Å². The van der Waals surface area contributed by atoms with Crippen molar-refractivity contribution in [3.8, 4) is 45.3 Å². The van der Waals surface area contributed by atoms with E-state index >= 15 is 0 Å². The van der Waals surface area contributed by atoms with Crippen LogP contribution in [0.5, 0.6) is 0 Å². The smallest absolute Gasteiger partial charge is 0.167 e. The molecule has 236 valence electrons. The fourth-order valence-electron chi connectivity index (χ4n) is 6.49. The molecule has 0 saturated carbocycles. The minimum atomic E-state index is 0.562. The maximum absolute atomic E-state index is 6.74. The van der Waals surface area contributed by atoms with Crippen LogP contribution in [0.25, 0.3) is 67.2 Å². The first-order valence-corrected chi connectivity index (χ1v) is 16.6. The number of para-hydroxylation sites is 2. The predicted octanol–water partition coefficient (Wildman–Crippen LogP) is 11.9. The number of rotatable bonds is 7. The molecule has 2 heterocycles. The molecule has 5 nitrogen and oxygen atoms in total. The fraction of sp³-hybridized carbons (Fsp3) is 0. The van der Waals surface area contributed by atoms with Crippen molar-refractivity contribution in [3.05, 3.63) is 182 Å². The monoisotopic (exact) mass is 642 g/mol. The van der Waals surface area contributed by atoms with E-state index in [4.69, 9.17) is 19.4 Å². The first-order chi connectivity index (χ1) is 24.8. The molecule has 0 bridgehead atoms. The van der Waals surface area contributed by atoms with Gasteiger partial charge in [0, 0.05) is 45.0 Å². The molecule has 0 spiro atoms. The minimum Gasteiger partial charge on any atom is -0.455 e. The van der Waals surface area contributed by atoms with Gasteiger partial charge in [0.05, 0.1) is 5.56 Å². The summed E-state index contributed by atoms with van der Waals surface area (Å²) in [6.45, 7) is 0. The van der Waals surface area contributed by atoms with Crippen LogP contribution in [0.15, 0.2) is 186 Å². The zero-order valence-corrected chi connectivity index (χ0v) is 27.0. The summed E-state index contributed by atoms with van der Waals surface area (Å²) in [6.07, 6.45) is 0. The molecule has 50 heavy (non-hydrogen) atoms. The van der Waals surface area contributed by atoms with Crippen LogP contribution in [0.4, 0.5) is 17.1 Å². The van der Waals surface area contributed by atoms with E-state index in [1.54, 1.807) is 0 Å². The fourth-order valence-corrected chi connectivity index (χ4v) is 6.49. The summed E-state index contributed by atoms with van der Waals surface area (Å²) in [5.74, 6) is 1.79. The summed E-state index contributed by atoms with van der Waals surface area (Å²) < 4.78 is 6.74. The number of hydrogen-bond acceptors (Lipinski definition) is 5. The lowest BCUT2D eigenvalue weighted by molar-refractivity contribution is 0.669. The van der Waals surface area contributed by atoms with Gasteiger partial charge in [-0.3, -0.25) is 0 Å². The van der Waals surface area contributed by atoms with Crippen LogP contribution >= 0.6 is 0 Å². The molecule has 0 fully saturated rings. The second kappa shape index (κ2) is 12.6. The Balaban J connectivity index is 1.17. The first-order valence-electron chi connectivity index (χ1n) is 16.6. The normalized spacial score (nSPS) is 11.2. The summed E-state index contributed by atoms with van der Waals surface area (Å²) in [7, 11) is 0. The second-order valence-corrected chi connectivity index (χ2v) is 12.1. The highest BCUT2D eigenvalue weighted by Crippen LogP contribution is 2.41. The van der Waals surface area contributed by atoms with Crippen molar-refractivity contribution in [2.45, 2.75) is 0 Å². The third-order valence-electron chi connectivity index (χ3n) is 8.93. The average molecular weight is 643 g/mol. The number of furan rings is 1. The van der Waals surface area contributed by atoms with Gasteiger partial charge >= 0.3 is 0 Å². The second-order valence-electron chi connectivity index (χ2n) is 12.1. The van der Waals surface area contributed by atoms with E-state index in [0.717, 1.165) is 55.7 Å². The van der Waals surface area contributed by atoms with Crippen LogP contribution in [0.3, 0.4) is 0 Å². The molecule has 0 amide bonds. The summed E-state index contributed by atoms with van der Waals surface area (Å²) in [4.78, 5) is 17.1. The summed E-state index contributed by atoms with van der Waals surface area (Å²) >= 11 is 0. The molecule has 9 rings (SSSR count). The number of benzene rings is 7. The SMILES string of the molecule is c1ccc(-c2ccc(N(c3ccccc3)c3ccc4c(c3)oc3c(-c5nc(-c6ccccc6)nc(-c6ccccc6)n5)cccc34)cc2)cc1. The molecule has 0 atom stereocenters. The van der Waals surface area contributed by atoms with Crippen LogP contribution in [0, 0.1) is 0 Å². The molecule has 0 unspecified atom stereocenters. The summed E-state index contributed by atoms with van der Waals surface area (Å²) in [5.41, 5.74) is 9.65.